The Morgan fingerprint density at radius 3 is 2.59 bits per heavy atom. The molecule has 2 heterocycles. The van der Waals surface area contributed by atoms with E-state index in [0.717, 1.165) is 61.7 Å². The number of piperidine rings is 1. The molecule has 0 aliphatic carbocycles. The predicted molar refractivity (Wildman–Crippen MR) is 115 cm³/mol. The smallest absolute Gasteiger partial charge is 0.167 e. The van der Waals surface area contributed by atoms with Gasteiger partial charge in [0.25, 0.3) is 0 Å². The standard InChI is InChI=1S/C24H30N2O3/c1-18(13-16-28-23-10-6-5-9-22(23)27-2)17-26-14-11-19(12-15-26)24-20-7-3-4-8-21(20)29-25-24/h3-10,18-19H,11-17H2,1-2H3. The lowest BCUT2D eigenvalue weighted by atomic mass is 9.91. The zero-order chi connectivity index (χ0) is 20.1. The van der Waals surface area contributed by atoms with Crippen LogP contribution >= 0.6 is 0 Å². The number of rotatable bonds is 8. The molecule has 3 aromatic rings. The Labute approximate surface area is 172 Å². The lowest BCUT2D eigenvalue weighted by Gasteiger charge is -2.33. The molecule has 1 aliphatic heterocycles. The molecule has 4 rings (SSSR count). The van der Waals surface area contributed by atoms with Crippen LogP contribution in [0, 0.1) is 5.92 Å². The van der Waals surface area contributed by atoms with E-state index in [1.165, 1.54) is 5.39 Å². The number of likely N-dealkylation sites (tertiary alicyclic amines) is 1. The van der Waals surface area contributed by atoms with Crippen molar-refractivity contribution in [3.8, 4) is 11.5 Å². The molecule has 2 aromatic carbocycles. The van der Waals surface area contributed by atoms with Gasteiger partial charge in [0, 0.05) is 17.8 Å². The first-order valence-electron chi connectivity index (χ1n) is 10.6. The molecule has 1 unspecified atom stereocenters. The Kier molecular flexibility index (Phi) is 6.35. The summed E-state index contributed by atoms with van der Waals surface area (Å²) in [5.74, 6) is 2.71. The van der Waals surface area contributed by atoms with E-state index in [0.29, 0.717) is 18.4 Å². The van der Waals surface area contributed by atoms with Gasteiger partial charge in [0.15, 0.2) is 17.1 Å². The summed E-state index contributed by atoms with van der Waals surface area (Å²) >= 11 is 0. The van der Waals surface area contributed by atoms with E-state index in [9.17, 15) is 0 Å². The second-order valence-electron chi connectivity index (χ2n) is 8.03. The first-order chi connectivity index (χ1) is 14.2. The average Bonchev–Trinajstić information content (AvgIpc) is 3.19. The number of hydrogen-bond donors (Lipinski definition) is 0. The van der Waals surface area contributed by atoms with Gasteiger partial charge in [0.05, 0.1) is 19.4 Å². The quantitative estimate of drug-likeness (QED) is 0.531. The van der Waals surface area contributed by atoms with Crippen molar-refractivity contribution in [1.29, 1.82) is 0 Å². The molecule has 0 amide bonds. The van der Waals surface area contributed by atoms with Crippen molar-refractivity contribution in [3.63, 3.8) is 0 Å². The molecule has 154 valence electrons. The molecule has 5 heteroatoms. The van der Waals surface area contributed by atoms with Gasteiger partial charge in [-0.25, -0.2) is 0 Å². The lowest BCUT2D eigenvalue weighted by Crippen LogP contribution is -2.36. The largest absolute Gasteiger partial charge is 0.493 e. The molecule has 0 saturated carbocycles. The molecule has 1 saturated heterocycles. The van der Waals surface area contributed by atoms with Crippen molar-refractivity contribution >= 4 is 11.0 Å². The first-order valence-corrected chi connectivity index (χ1v) is 10.6. The number of nitrogens with zero attached hydrogens (tertiary/aromatic N) is 2. The van der Waals surface area contributed by atoms with Crippen molar-refractivity contribution in [2.75, 3.05) is 33.4 Å². The SMILES string of the molecule is COc1ccccc1OCCC(C)CN1CCC(c2noc3ccccc23)CC1. The van der Waals surface area contributed by atoms with Crippen LogP contribution < -0.4 is 9.47 Å². The van der Waals surface area contributed by atoms with E-state index in [1.807, 2.05) is 36.4 Å². The van der Waals surface area contributed by atoms with Gasteiger partial charge >= 0.3 is 0 Å². The van der Waals surface area contributed by atoms with Gasteiger partial charge in [-0.3, -0.25) is 0 Å². The number of benzene rings is 2. The third-order valence-electron chi connectivity index (χ3n) is 5.89. The maximum absolute atomic E-state index is 5.93. The molecular formula is C24H30N2O3. The summed E-state index contributed by atoms with van der Waals surface area (Å²) in [6.07, 6.45) is 3.31. The molecular weight excluding hydrogens is 364 g/mol. The number of methoxy groups -OCH3 is 1. The van der Waals surface area contributed by atoms with Crippen molar-refractivity contribution < 1.29 is 14.0 Å². The van der Waals surface area contributed by atoms with Crippen molar-refractivity contribution in [2.24, 2.45) is 5.92 Å². The fourth-order valence-corrected chi connectivity index (χ4v) is 4.23. The van der Waals surface area contributed by atoms with Crippen LogP contribution in [-0.4, -0.2) is 43.4 Å². The monoisotopic (exact) mass is 394 g/mol. The van der Waals surface area contributed by atoms with Crippen LogP contribution in [0.4, 0.5) is 0 Å². The number of hydrogen-bond acceptors (Lipinski definition) is 5. The minimum absolute atomic E-state index is 0.499. The van der Waals surface area contributed by atoms with Gasteiger partial charge < -0.3 is 18.9 Å². The fourth-order valence-electron chi connectivity index (χ4n) is 4.23. The van der Waals surface area contributed by atoms with E-state index in [4.69, 9.17) is 14.0 Å². The third kappa shape index (κ3) is 4.73. The molecule has 1 aromatic heterocycles. The number of ether oxygens (including phenoxy) is 2. The Morgan fingerprint density at radius 2 is 1.79 bits per heavy atom. The van der Waals surface area contributed by atoms with E-state index in [1.54, 1.807) is 7.11 Å². The number of fused-ring (bicyclic) bond motifs is 1. The summed E-state index contributed by atoms with van der Waals surface area (Å²) < 4.78 is 16.8. The van der Waals surface area contributed by atoms with Gasteiger partial charge in [0.1, 0.15) is 0 Å². The second kappa shape index (κ2) is 9.31. The van der Waals surface area contributed by atoms with Gasteiger partial charge in [-0.1, -0.05) is 36.3 Å². The summed E-state index contributed by atoms with van der Waals surface area (Å²) in [6, 6.07) is 16.0. The fraction of sp³-hybridized carbons (Fsp3) is 0.458. The van der Waals surface area contributed by atoms with E-state index >= 15 is 0 Å². The molecule has 0 N–H and O–H groups in total. The van der Waals surface area contributed by atoms with Crippen LogP contribution in [0.1, 0.15) is 37.8 Å². The number of aromatic nitrogens is 1. The minimum Gasteiger partial charge on any atom is -0.493 e. The molecule has 29 heavy (non-hydrogen) atoms. The van der Waals surface area contributed by atoms with Crippen LogP contribution in [0.3, 0.4) is 0 Å². The Hall–Kier alpha value is -2.53. The van der Waals surface area contributed by atoms with Crippen molar-refractivity contribution in [2.45, 2.75) is 32.1 Å². The Morgan fingerprint density at radius 1 is 1.07 bits per heavy atom. The van der Waals surface area contributed by atoms with E-state index in [2.05, 4.69) is 29.1 Å². The average molecular weight is 395 g/mol. The van der Waals surface area contributed by atoms with E-state index in [-0.39, 0.29) is 0 Å². The maximum atomic E-state index is 5.93. The Balaban J connectivity index is 1.22. The summed E-state index contributed by atoms with van der Waals surface area (Å²) in [5.41, 5.74) is 2.03. The van der Waals surface area contributed by atoms with Gasteiger partial charge in [-0.05, 0) is 62.5 Å². The van der Waals surface area contributed by atoms with Crippen LogP contribution in [-0.2, 0) is 0 Å². The molecule has 1 aliphatic rings. The minimum atomic E-state index is 0.499. The molecule has 0 bridgehead atoms. The summed E-state index contributed by atoms with van der Waals surface area (Å²) in [5, 5.41) is 5.54. The van der Waals surface area contributed by atoms with Crippen LogP contribution in [0.5, 0.6) is 11.5 Å². The van der Waals surface area contributed by atoms with E-state index < -0.39 is 0 Å². The van der Waals surface area contributed by atoms with Crippen molar-refractivity contribution in [1.82, 2.24) is 10.1 Å². The molecule has 0 radical (unpaired) electrons. The highest BCUT2D eigenvalue weighted by Gasteiger charge is 2.25. The first kappa shape index (κ1) is 19.8. The second-order valence-corrected chi connectivity index (χ2v) is 8.03. The van der Waals surface area contributed by atoms with Crippen LogP contribution in [0.2, 0.25) is 0 Å². The predicted octanol–water partition coefficient (Wildman–Crippen LogP) is 5.12. The summed E-state index contributed by atoms with van der Waals surface area (Å²) in [7, 11) is 1.68. The molecule has 1 atom stereocenters. The summed E-state index contributed by atoms with van der Waals surface area (Å²) in [6.45, 7) is 6.36. The molecule has 0 spiro atoms. The summed E-state index contributed by atoms with van der Waals surface area (Å²) in [4.78, 5) is 2.58. The van der Waals surface area contributed by atoms with Crippen LogP contribution in [0.25, 0.3) is 11.0 Å². The Bertz CT molecular complexity index is 915. The highest BCUT2D eigenvalue weighted by molar-refractivity contribution is 5.79. The van der Waals surface area contributed by atoms with Crippen molar-refractivity contribution in [3.05, 3.63) is 54.2 Å². The normalized spacial score (nSPS) is 16.8. The zero-order valence-electron chi connectivity index (χ0n) is 17.3. The molecule has 5 nitrogen and oxygen atoms in total. The molecule has 1 fully saturated rings. The van der Waals surface area contributed by atoms with Gasteiger partial charge in [0.2, 0.25) is 0 Å². The van der Waals surface area contributed by atoms with Gasteiger partial charge in [-0.15, -0.1) is 0 Å². The van der Waals surface area contributed by atoms with Gasteiger partial charge in [-0.2, -0.15) is 0 Å². The number of para-hydroxylation sites is 3. The topological polar surface area (TPSA) is 47.7 Å². The maximum Gasteiger partial charge on any atom is 0.167 e. The highest BCUT2D eigenvalue weighted by atomic mass is 16.5. The lowest BCUT2D eigenvalue weighted by molar-refractivity contribution is 0.170. The third-order valence-corrected chi connectivity index (χ3v) is 5.89. The van der Waals surface area contributed by atoms with Crippen LogP contribution in [0.15, 0.2) is 53.1 Å². The highest BCUT2D eigenvalue weighted by Crippen LogP contribution is 2.32. The zero-order valence-corrected chi connectivity index (χ0v) is 17.3.